The highest BCUT2D eigenvalue weighted by atomic mass is 15.1. The minimum atomic E-state index is -0.209. The van der Waals surface area contributed by atoms with Crippen LogP contribution >= 0.6 is 0 Å². The maximum Gasteiger partial charge on any atom is 0.0991 e. The van der Waals surface area contributed by atoms with Gasteiger partial charge in [0.05, 0.1) is 23.1 Å². The first kappa shape index (κ1) is 16.2. The molecule has 0 aliphatic rings. The lowest BCUT2D eigenvalue weighted by atomic mass is 9.89. The number of nitrogens with zero attached hydrogens (tertiary/aromatic N) is 3. The molecule has 20 heavy (non-hydrogen) atoms. The summed E-state index contributed by atoms with van der Waals surface area (Å²) in [4.78, 5) is 2.26. The number of hydrogen-bond donors (Lipinski definition) is 0. The van der Waals surface area contributed by atoms with E-state index in [1.165, 1.54) is 5.56 Å². The Hall–Kier alpha value is -1.84. The van der Waals surface area contributed by atoms with Crippen LogP contribution in [0, 0.1) is 28.1 Å². The highest BCUT2D eigenvalue weighted by Gasteiger charge is 2.15. The number of unbranched alkanes of at least 4 members (excludes halogenated alkanes) is 1. The van der Waals surface area contributed by atoms with Gasteiger partial charge in [-0.1, -0.05) is 18.6 Å². The summed E-state index contributed by atoms with van der Waals surface area (Å²) in [5.74, 6) is 0. The molecule has 106 valence electrons. The highest BCUT2D eigenvalue weighted by molar-refractivity contribution is 5.32. The average molecular weight is 269 g/mol. The van der Waals surface area contributed by atoms with Crippen LogP contribution in [0.2, 0.25) is 0 Å². The molecule has 1 aromatic carbocycles. The summed E-state index contributed by atoms with van der Waals surface area (Å²) >= 11 is 0. The maximum absolute atomic E-state index is 8.96. The van der Waals surface area contributed by atoms with Gasteiger partial charge in [-0.05, 0) is 58.0 Å². The van der Waals surface area contributed by atoms with Gasteiger partial charge in [-0.2, -0.15) is 10.5 Å². The molecule has 3 nitrogen and oxygen atoms in total. The molecule has 0 radical (unpaired) electrons. The molecule has 0 unspecified atom stereocenters. The van der Waals surface area contributed by atoms with Crippen LogP contribution in [0.3, 0.4) is 0 Å². The monoisotopic (exact) mass is 269 g/mol. The Morgan fingerprint density at radius 3 is 2.60 bits per heavy atom. The van der Waals surface area contributed by atoms with Crippen molar-refractivity contribution in [3.63, 3.8) is 0 Å². The van der Waals surface area contributed by atoms with Gasteiger partial charge in [0.1, 0.15) is 0 Å². The molecule has 1 rings (SSSR count). The van der Waals surface area contributed by atoms with Crippen molar-refractivity contribution in [2.45, 2.75) is 39.7 Å². The Morgan fingerprint density at radius 1 is 1.20 bits per heavy atom. The van der Waals surface area contributed by atoms with E-state index in [0.717, 1.165) is 32.4 Å². The van der Waals surface area contributed by atoms with E-state index in [1.807, 2.05) is 32.0 Å². The van der Waals surface area contributed by atoms with E-state index in [0.29, 0.717) is 5.56 Å². The summed E-state index contributed by atoms with van der Waals surface area (Å²) in [6.07, 6.45) is 3.12. The van der Waals surface area contributed by atoms with Crippen LogP contribution in [0.15, 0.2) is 24.3 Å². The molecule has 0 saturated carbocycles. The molecule has 0 atom stereocenters. The quantitative estimate of drug-likeness (QED) is 0.709. The van der Waals surface area contributed by atoms with Crippen molar-refractivity contribution in [1.82, 2.24) is 4.90 Å². The predicted octanol–water partition coefficient (Wildman–Crippen LogP) is 3.71. The van der Waals surface area contributed by atoms with E-state index < -0.39 is 0 Å². The second-order valence-corrected chi connectivity index (χ2v) is 6.00. The van der Waals surface area contributed by atoms with Gasteiger partial charge >= 0.3 is 0 Å². The van der Waals surface area contributed by atoms with Crippen LogP contribution in [-0.2, 0) is 6.54 Å². The van der Waals surface area contributed by atoms with Gasteiger partial charge in [-0.15, -0.1) is 0 Å². The Bertz CT molecular complexity index is 506. The van der Waals surface area contributed by atoms with Crippen LogP contribution in [0.4, 0.5) is 0 Å². The maximum atomic E-state index is 8.96. The van der Waals surface area contributed by atoms with Crippen molar-refractivity contribution in [2.24, 2.45) is 5.41 Å². The van der Waals surface area contributed by atoms with Crippen molar-refractivity contribution in [3.8, 4) is 12.1 Å². The molecule has 0 bridgehead atoms. The third kappa shape index (κ3) is 5.87. The molecule has 0 N–H and O–H groups in total. The number of rotatable bonds is 7. The van der Waals surface area contributed by atoms with Crippen molar-refractivity contribution >= 4 is 0 Å². The van der Waals surface area contributed by atoms with Crippen LogP contribution in [0.1, 0.15) is 44.2 Å². The largest absolute Gasteiger partial charge is 0.302 e. The second kappa shape index (κ2) is 7.68. The zero-order valence-corrected chi connectivity index (χ0v) is 12.7. The SMILES string of the molecule is CN(CCCCC(C)(C)C#N)Cc1cccc(C#N)c1. The molecule has 0 heterocycles. The second-order valence-electron chi connectivity index (χ2n) is 6.00. The summed E-state index contributed by atoms with van der Waals surface area (Å²) in [5, 5.41) is 17.8. The summed E-state index contributed by atoms with van der Waals surface area (Å²) < 4.78 is 0. The third-order valence-corrected chi connectivity index (χ3v) is 3.40. The first-order valence-electron chi connectivity index (χ1n) is 7.06. The number of nitriles is 2. The lowest BCUT2D eigenvalue weighted by Crippen LogP contribution is -2.19. The minimum Gasteiger partial charge on any atom is -0.302 e. The van der Waals surface area contributed by atoms with Gasteiger partial charge in [-0.25, -0.2) is 0 Å². The summed E-state index contributed by atoms with van der Waals surface area (Å²) in [6.45, 7) is 5.85. The lowest BCUT2D eigenvalue weighted by molar-refractivity contribution is 0.307. The Kier molecular flexibility index (Phi) is 6.22. The van der Waals surface area contributed by atoms with E-state index in [1.54, 1.807) is 0 Å². The van der Waals surface area contributed by atoms with Gasteiger partial charge in [0.15, 0.2) is 0 Å². The van der Waals surface area contributed by atoms with Crippen LogP contribution in [0.5, 0.6) is 0 Å². The van der Waals surface area contributed by atoms with E-state index in [9.17, 15) is 0 Å². The molecule has 3 heteroatoms. The standard InChI is InChI=1S/C17H23N3/c1-17(2,14-19)9-4-5-10-20(3)13-16-8-6-7-15(11-16)12-18/h6-8,11H,4-5,9-10,13H2,1-3H3. The third-order valence-electron chi connectivity index (χ3n) is 3.40. The first-order chi connectivity index (χ1) is 9.46. The fourth-order valence-corrected chi connectivity index (χ4v) is 2.13. The smallest absolute Gasteiger partial charge is 0.0991 e. The van der Waals surface area contributed by atoms with E-state index in [-0.39, 0.29) is 5.41 Å². The average Bonchev–Trinajstić information content (AvgIpc) is 2.44. The zero-order chi connectivity index (χ0) is 15.0. The van der Waals surface area contributed by atoms with Gasteiger partial charge in [0.2, 0.25) is 0 Å². The van der Waals surface area contributed by atoms with E-state index in [4.69, 9.17) is 10.5 Å². The van der Waals surface area contributed by atoms with Crippen LogP contribution in [-0.4, -0.2) is 18.5 Å². The molecule has 0 amide bonds. The Balaban J connectivity index is 2.32. The topological polar surface area (TPSA) is 50.8 Å². The van der Waals surface area contributed by atoms with Gasteiger partial charge < -0.3 is 4.90 Å². The Morgan fingerprint density at radius 2 is 1.95 bits per heavy atom. The molecule has 0 saturated heterocycles. The van der Waals surface area contributed by atoms with E-state index >= 15 is 0 Å². The lowest BCUT2D eigenvalue weighted by Gasteiger charge is -2.18. The predicted molar refractivity (Wildman–Crippen MR) is 80.7 cm³/mol. The fraction of sp³-hybridized carbons (Fsp3) is 0.529. The van der Waals surface area contributed by atoms with Crippen LogP contribution < -0.4 is 0 Å². The normalized spacial score (nSPS) is 11.1. The fourth-order valence-electron chi connectivity index (χ4n) is 2.13. The van der Waals surface area contributed by atoms with Crippen molar-refractivity contribution in [3.05, 3.63) is 35.4 Å². The van der Waals surface area contributed by atoms with E-state index in [2.05, 4.69) is 30.2 Å². The van der Waals surface area contributed by atoms with Crippen molar-refractivity contribution in [1.29, 1.82) is 10.5 Å². The van der Waals surface area contributed by atoms with Gasteiger partial charge in [0.25, 0.3) is 0 Å². The number of hydrogen-bond acceptors (Lipinski definition) is 3. The molecular formula is C17H23N3. The first-order valence-corrected chi connectivity index (χ1v) is 7.06. The molecular weight excluding hydrogens is 246 g/mol. The highest BCUT2D eigenvalue weighted by Crippen LogP contribution is 2.21. The molecule has 0 aliphatic heterocycles. The Labute approximate surface area is 122 Å². The molecule has 1 aromatic rings. The molecule has 0 aliphatic carbocycles. The summed E-state index contributed by atoms with van der Waals surface area (Å²) in [7, 11) is 2.09. The minimum absolute atomic E-state index is 0.209. The van der Waals surface area contributed by atoms with Crippen LogP contribution in [0.25, 0.3) is 0 Å². The number of benzene rings is 1. The van der Waals surface area contributed by atoms with Gasteiger partial charge in [0, 0.05) is 6.54 Å². The molecule has 0 fully saturated rings. The summed E-state index contributed by atoms with van der Waals surface area (Å²) in [5.41, 5.74) is 1.68. The van der Waals surface area contributed by atoms with Gasteiger partial charge in [-0.3, -0.25) is 0 Å². The summed E-state index contributed by atoms with van der Waals surface area (Å²) in [6, 6.07) is 12.3. The zero-order valence-electron chi connectivity index (χ0n) is 12.7. The molecule has 0 aromatic heterocycles. The molecule has 0 spiro atoms. The van der Waals surface area contributed by atoms with Crippen molar-refractivity contribution in [2.75, 3.05) is 13.6 Å². The van der Waals surface area contributed by atoms with Crippen molar-refractivity contribution < 1.29 is 0 Å².